The number of rotatable bonds is 5. The number of ether oxygens (including phenoxy) is 1. The van der Waals surface area contributed by atoms with Crippen molar-refractivity contribution in [1.82, 2.24) is 28.6 Å². The topological polar surface area (TPSA) is 69.6 Å². The molecule has 4 heterocycles. The minimum atomic E-state index is -4.61. The van der Waals surface area contributed by atoms with Crippen molar-refractivity contribution in [2.24, 2.45) is 7.05 Å². The summed E-state index contributed by atoms with van der Waals surface area (Å²) in [4.78, 5) is 15.6. The fourth-order valence-corrected chi connectivity index (χ4v) is 5.88. The number of aryl methyl sites for hydroxylation is 1. The van der Waals surface area contributed by atoms with Crippen LogP contribution in [0.5, 0.6) is 0 Å². The second-order valence-electron chi connectivity index (χ2n) is 10.5. The van der Waals surface area contributed by atoms with Crippen LogP contribution in [0.2, 0.25) is 0 Å². The number of morpholine rings is 1. The normalized spacial score (nSPS) is 20.1. The highest BCUT2D eigenvalue weighted by molar-refractivity contribution is 5.58. The first-order valence-electron chi connectivity index (χ1n) is 12.8. The van der Waals surface area contributed by atoms with E-state index in [1.807, 2.05) is 41.6 Å². The quantitative estimate of drug-likeness (QED) is 0.394. The Hall–Kier alpha value is -3.44. The van der Waals surface area contributed by atoms with Gasteiger partial charge in [0, 0.05) is 39.1 Å². The first-order chi connectivity index (χ1) is 18.2. The van der Waals surface area contributed by atoms with Gasteiger partial charge in [-0.05, 0) is 49.1 Å². The molecule has 1 aromatic carbocycles. The lowest BCUT2D eigenvalue weighted by atomic mass is 9.63. The van der Waals surface area contributed by atoms with Crippen molar-refractivity contribution in [3.05, 3.63) is 82.1 Å². The van der Waals surface area contributed by atoms with Crippen LogP contribution in [-0.4, -0.2) is 54.4 Å². The number of pyridine rings is 1. The van der Waals surface area contributed by atoms with E-state index in [2.05, 4.69) is 10.2 Å². The van der Waals surface area contributed by atoms with Crippen molar-refractivity contribution in [3.8, 4) is 5.69 Å². The highest BCUT2D eigenvalue weighted by atomic mass is 19.4. The van der Waals surface area contributed by atoms with Crippen LogP contribution >= 0.6 is 0 Å². The van der Waals surface area contributed by atoms with Crippen LogP contribution in [0.1, 0.15) is 48.7 Å². The van der Waals surface area contributed by atoms with Gasteiger partial charge in [0.05, 0.1) is 34.9 Å². The second-order valence-corrected chi connectivity index (χ2v) is 10.5. The Morgan fingerprint density at radius 1 is 1.18 bits per heavy atom. The minimum absolute atomic E-state index is 0.00570. The average Bonchev–Trinajstić information content (AvgIpc) is 3.41. The summed E-state index contributed by atoms with van der Waals surface area (Å²) in [5.74, 6) is 0.844. The third-order valence-electron chi connectivity index (χ3n) is 7.88. The third kappa shape index (κ3) is 4.14. The first-order valence-corrected chi connectivity index (χ1v) is 12.8. The molecule has 1 saturated carbocycles. The molecule has 38 heavy (non-hydrogen) atoms. The Morgan fingerprint density at radius 3 is 2.66 bits per heavy atom. The van der Waals surface area contributed by atoms with Crippen LogP contribution < -0.4 is 5.69 Å². The largest absolute Gasteiger partial charge is 0.418 e. The summed E-state index contributed by atoms with van der Waals surface area (Å²) in [6.07, 6.45) is 2.69. The number of nitrogens with zero attached hydrogens (tertiary/aromatic N) is 6. The summed E-state index contributed by atoms with van der Waals surface area (Å²) in [5.41, 5.74) is 0.0591. The molecule has 0 radical (unpaired) electrons. The molecule has 6 rings (SSSR count). The summed E-state index contributed by atoms with van der Waals surface area (Å²) in [6.45, 7) is 4.01. The Balaban J connectivity index is 1.44. The summed E-state index contributed by atoms with van der Waals surface area (Å²) >= 11 is 0. The summed E-state index contributed by atoms with van der Waals surface area (Å²) in [5, 5.41) is 8.39. The zero-order valence-corrected chi connectivity index (χ0v) is 21.3. The van der Waals surface area contributed by atoms with E-state index in [4.69, 9.17) is 4.74 Å². The predicted molar refractivity (Wildman–Crippen MR) is 134 cm³/mol. The van der Waals surface area contributed by atoms with Crippen molar-refractivity contribution in [3.63, 3.8) is 0 Å². The number of alkyl halides is 3. The van der Waals surface area contributed by atoms with Crippen LogP contribution in [0, 0.1) is 0 Å². The highest BCUT2D eigenvalue weighted by Gasteiger charge is 2.44. The number of fused-ring (bicyclic) bond motifs is 1. The molecule has 0 amide bonds. The maximum atomic E-state index is 14.2. The molecule has 2 fully saturated rings. The maximum Gasteiger partial charge on any atom is 0.418 e. The van der Waals surface area contributed by atoms with Crippen molar-refractivity contribution >= 4 is 5.52 Å². The summed E-state index contributed by atoms with van der Waals surface area (Å²) in [6, 6.07) is 8.62. The number of aromatic nitrogens is 5. The first kappa shape index (κ1) is 24.9. The second kappa shape index (κ2) is 9.09. The van der Waals surface area contributed by atoms with E-state index in [0.29, 0.717) is 37.5 Å². The fourth-order valence-electron chi connectivity index (χ4n) is 5.88. The molecule has 1 aliphatic heterocycles. The number of halogens is 3. The van der Waals surface area contributed by atoms with E-state index in [-0.39, 0.29) is 17.0 Å². The molecule has 1 atom stereocenters. The molecule has 4 aromatic rings. The molecule has 200 valence electrons. The van der Waals surface area contributed by atoms with Gasteiger partial charge in [0.1, 0.15) is 12.2 Å². The number of imidazole rings is 1. The van der Waals surface area contributed by atoms with Crippen molar-refractivity contribution in [2.75, 3.05) is 19.7 Å². The molecule has 8 nitrogen and oxygen atoms in total. The molecular weight excluding hydrogens is 497 g/mol. The van der Waals surface area contributed by atoms with E-state index < -0.39 is 17.4 Å². The van der Waals surface area contributed by atoms with Gasteiger partial charge < -0.3 is 9.30 Å². The number of benzene rings is 1. The Bertz CT molecular complexity index is 1550. The molecule has 11 heteroatoms. The maximum absolute atomic E-state index is 14.2. The standard InChI is InChI=1S/C27H29F3N6O2/c1-18-13-34(9-10-38-18)14-19-11-22(27(28,29)30)23-16-35(25(37)36(23)15-19)21-6-3-5-20(12-21)26(7-4-8-26)24-32-31-17-33(24)2/h3,5-6,11-12,15-18H,4,7-10,13-14H2,1-2H3/t18-/m1/s1. The van der Waals surface area contributed by atoms with Crippen LogP contribution in [-0.2, 0) is 29.9 Å². The molecule has 2 aliphatic rings. The van der Waals surface area contributed by atoms with Crippen molar-refractivity contribution in [1.29, 1.82) is 0 Å². The Labute approximate surface area is 217 Å². The SMILES string of the molecule is C[C@@H]1CN(Cc2cc(C(F)(F)F)c3cn(-c4cccc(C5(c6nncn6C)CCC5)c4)c(=O)n3c2)CCO1. The highest BCUT2D eigenvalue weighted by Crippen LogP contribution is 2.48. The zero-order chi connectivity index (χ0) is 26.7. The fraction of sp³-hybridized carbons (Fsp3) is 0.444. The monoisotopic (exact) mass is 526 g/mol. The molecular formula is C27H29F3N6O2. The van der Waals surface area contributed by atoms with Crippen molar-refractivity contribution in [2.45, 2.75) is 50.4 Å². The smallest absolute Gasteiger partial charge is 0.376 e. The zero-order valence-electron chi connectivity index (χ0n) is 21.3. The van der Waals surface area contributed by atoms with Crippen molar-refractivity contribution < 1.29 is 17.9 Å². The van der Waals surface area contributed by atoms with Crippen LogP contribution in [0.25, 0.3) is 11.2 Å². The lowest BCUT2D eigenvalue weighted by molar-refractivity contribution is -0.136. The molecule has 0 bridgehead atoms. The van der Waals surface area contributed by atoms with Crippen LogP contribution in [0.3, 0.4) is 0 Å². The van der Waals surface area contributed by atoms with Gasteiger partial charge in [-0.15, -0.1) is 10.2 Å². The molecule has 1 saturated heterocycles. The van der Waals surface area contributed by atoms with Crippen LogP contribution in [0.4, 0.5) is 13.2 Å². The molecule has 3 aromatic heterocycles. The van der Waals surface area contributed by atoms with Crippen LogP contribution in [0.15, 0.2) is 53.8 Å². The van der Waals surface area contributed by atoms with Gasteiger partial charge in [0.2, 0.25) is 0 Å². The third-order valence-corrected chi connectivity index (χ3v) is 7.88. The lowest BCUT2D eigenvalue weighted by Crippen LogP contribution is -2.40. The number of hydrogen-bond donors (Lipinski definition) is 0. The minimum Gasteiger partial charge on any atom is -0.376 e. The molecule has 1 aliphatic carbocycles. The van der Waals surface area contributed by atoms with Gasteiger partial charge in [-0.25, -0.2) is 4.79 Å². The van der Waals surface area contributed by atoms with Gasteiger partial charge in [-0.3, -0.25) is 13.9 Å². The van der Waals surface area contributed by atoms with E-state index in [1.165, 1.54) is 17.0 Å². The van der Waals surface area contributed by atoms with Gasteiger partial charge >= 0.3 is 11.9 Å². The average molecular weight is 527 g/mol. The van der Waals surface area contributed by atoms with E-state index in [9.17, 15) is 18.0 Å². The van der Waals surface area contributed by atoms with E-state index in [1.54, 1.807) is 12.4 Å². The van der Waals surface area contributed by atoms with Gasteiger partial charge in [-0.2, -0.15) is 13.2 Å². The molecule has 0 N–H and O–H groups in total. The van der Waals surface area contributed by atoms with Gasteiger partial charge in [0.15, 0.2) is 0 Å². The number of hydrogen-bond acceptors (Lipinski definition) is 5. The molecule has 0 spiro atoms. The van der Waals surface area contributed by atoms with Gasteiger partial charge in [0.25, 0.3) is 0 Å². The summed E-state index contributed by atoms with van der Waals surface area (Å²) in [7, 11) is 1.90. The summed E-state index contributed by atoms with van der Waals surface area (Å²) < 4.78 is 52.4. The Morgan fingerprint density at radius 2 is 2.00 bits per heavy atom. The van der Waals surface area contributed by atoms with E-state index >= 15 is 0 Å². The predicted octanol–water partition coefficient (Wildman–Crippen LogP) is 3.93. The Kier molecular flexibility index (Phi) is 5.95. The lowest BCUT2D eigenvalue weighted by Gasteiger charge is -2.41. The van der Waals surface area contributed by atoms with Gasteiger partial charge in [-0.1, -0.05) is 18.6 Å². The molecule has 0 unspecified atom stereocenters. The van der Waals surface area contributed by atoms with E-state index in [0.717, 1.165) is 41.1 Å².